The first-order valence-corrected chi connectivity index (χ1v) is 7.33. The van der Waals surface area contributed by atoms with Crippen LogP contribution in [-0.2, 0) is 0 Å². The van der Waals surface area contributed by atoms with Gasteiger partial charge < -0.3 is 5.32 Å². The molecular formula is C15H15N3OS. The molecule has 3 rings (SSSR count). The Morgan fingerprint density at radius 2 is 1.95 bits per heavy atom. The Hall–Kier alpha value is -2.27. The zero-order chi connectivity index (χ0) is 13.9. The predicted octanol–water partition coefficient (Wildman–Crippen LogP) is 3.60. The van der Waals surface area contributed by atoms with Crippen molar-refractivity contribution >= 4 is 17.0 Å². The Kier molecular flexibility index (Phi) is 3.43. The van der Waals surface area contributed by atoms with Crippen LogP contribution in [0.25, 0.3) is 11.3 Å². The largest absolute Gasteiger partial charge is 0.378 e. The van der Waals surface area contributed by atoms with Crippen molar-refractivity contribution in [1.29, 1.82) is 0 Å². The highest BCUT2D eigenvalue weighted by molar-refractivity contribution is 7.07. The van der Waals surface area contributed by atoms with Crippen LogP contribution in [-0.4, -0.2) is 10.2 Å². The minimum absolute atomic E-state index is 0.117. The molecule has 102 valence electrons. The summed E-state index contributed by atoms with van der Waals surface area (Å²) in [6.07, 6.45) is 0. The summed E-state index contributed by atoms with van der Waals surface area (Å²) in [4.78, 5) is 11.1. The molecule has 0 amide bonds. The maximum absolute atomic E-state index is 11.1. The number of H-pyrrole nitrogens is 2. The fourth-order valence-corrected chi connectivity index (χ4v) is 2.84. The van der Waals surface area contributed by atoms with E-state index in [0.29, 0.717) is 0 Å². The van der Waals surface area contributed by atoms with Gasteiger partial charge in [-0.15, -0.1) is 0 Å². The number of hydrogen-bond acceptors (Lipinski definition) is 3. The van der Waals surface area contributed by atoms with Gasteiger partial charge in [-0.05, 0) is 47.0 Å². The van der Waals surface area contributed by atoms with Crippen LogP contribution in [0.5, 0.6) is 0 Å². The lowest BCUT2D eigenvalue weighted by molar-refractivity contribution is 0.891. The second-order valence-corrected chi connectivity index (χ2v) is 5.45. The molecule has 1 unspecified atom stereocenters. The van der Waals surface area contributed by atoms with Gasteiger partial charge >= 0.3 is 0 Å². The van der Waals surface area contributed by atoms with Crippen LogP contribution >= 0.6 is 11.3 Å². The summed E-state index contributed by atoms with van der Waals surface area (Å²) in [7, 11) is 0. The quantitative estimate of drug-likeness (QED) is 0.686. The molecule has 3 N–H and O–H groups in total. The van der Waals surface area contributed by atoms with Crippen molar-refractivity contribution in [2.45, 2.75) is 13.0 Å². The van der Waals surface area contributed by atoms with Crippen LogP contribution in [0.4, 0.5) is 5.69 Å². The van der Waals surface area contributed by atoms with Crippen molar-refractivity contribution in [3.63, 3.8) is 0 Å². The van der Waals surface area contributed by atoms with Gasteiger partial charge in [0.05, 0.1) is 5.69 Å². The zero-order valence-corrected chi connectivity index (χ0v) is 11.8. The van der Waals surface area contributed by atoms with Gasteiger partial charge in [-0.1, -0.05) is 12.1 Å². The van der Waals surface area contributed by atoms with Gasteiger partial charge in [0.2, 0.25) is 0 Å². The highest BCUT2D eigenvalue weighted by Gasteiger charge is 2.06. The van der Waals surface area contributed by atoms with Crippen molar-refractivity contribution < 1.29 is 0 Å². The Bertz CT molecular complexity index is 725. The molecule has 20 heavy (non-hydrogen) atoms. The Morgan fingerprint density at radius 1 is 1.15 bits per heavy atom. The molecule has 0 radical (unpaired) electrons. The van der Waals surface area contributed by atoms with Gasteiger partial charge in [0.15, 0.2) is 0 Å². The molecule has 2 heterocycles. The summed E-state index contributed by atoms with van der Waals surface area (Å²) in [5.74, 6) is 0. The molecule has 0 bridgehead atoms. The molecule has 3 aromatic rings. The number of nitrogens with one attached hydrogen (secondary N) is 3. The number of anilines is 1. The van der Waals surface area contributed by atoms with E-state index in [9.17, 15) is 4.79 Å². The lowest BCUT2D eigenvalue weighted by atomic mass is 10.1. The molecular weight excluding hydrogens is 270 g/mol. The molecule has 0 aliphatic heterocycles. The van der Waals surface area contributed by atoms with Crippen molar-refractivity contribution in [2.24, 2.45) is 0 Å². The smallest absolute Gasteiger partial charge is 0.264 e. The average Bonchev–Trinajstić information content (AvgIpc) is 3.10. The molecule has 0 aliphatic rings. The minimum atomic E-state index is -0.117. The first-order chi connectivity index (χ1) is 9.72. The van der Waals surface area contributed by atoms with E-state index in [1.807, 2.05) is 24.3 Å². The molecule has 0 spiro atoms. The summed E-state index contributed by atoms with van der Waals surface area (Å²) in [5, 5.41) is 13.1. The molecule has 0 saturated heterocycles. The summed E-state index contributed by atoms with van der Waals surface area (Å²) in [6.45, 7) is 2.14. The molecule has 0 fully saturated rings. The minimum Gasteiger partial charge on any atom is -0.378 e. The highest BCUT2D eigenvalue weighted by atomic mass is 32.1. The van der Waals surface area contributed by atoms with E-state index >= 15 is 0 Å². The number of rotatable bonds is 4. The van der Waals surface area contributed by atoms with E-state index < -0.39 is 0 Å². The second-order valence-electron chi connectivity index (χ2n) is 4.67. The number of aromatic nitrogens is 2. The van der Waals surface area contributed by atoms with Crippen LogP contribution in [0.15, 0.2) is 52.0 Å². The number of hydrogen-bond donors (Lipinski definition) is 3. The van der Waals surface area contributed by atoms with Crippen LogP contribution in [0.2, 0.25) is 0 Å². The Labute approximate surface area is 120 Å². The number of aromatic amines is 2. The second kappa shape index (κ2) is 5.38. The van der Waals surface area contributed by atoms with Gasteiger partial charge in [-0.2, -0.15) is 11.3 Å². The van der Waals surface area contributed by atoms with E-state index in [-0.39, 0.29) is 11.6 Å². The maximum atomic E-state index is 11.1. The van der Waals surface area contributed by atoms with Crippen LogP contribution < -0.4 is 10.9 Å². The lowest BCUT2D eigenvalue weighted by Gasteiger charge is -2.14. The molecule has 0 aliphatic carbocycles. The SMILES string of the molecule is CC(Nc1ccc(-c2cc(=O)[nH][nH]2)cc1)c1ccsc1. The van der Waals surface area contributed by atoms with Crippen LogP contribution in [0.1, 0.15) is 18.5 Å². The van der Waals surface area contributed by atoms with Gasteiger partial charge in [-0.3, -0.25) is 15.0 Å². The van der Waals surface area contributed by atoms with Gasteiger partial charge in [-0.25, -0.2) is 0 Å². The topological polar surface area (TPSA) is 60.7 Å². The van der Waals surface area contributed by atoms with Crippen molar-refractivity contribution in [2.75, 3.05) is 5.32 Å². The van der Waals surface area contributed by atoms with E-state index in [0.717, 1.165) is 16.9 Å². The van der Waals surface area contributed by atoms with Crippen LogP contribution in [0, 0.1) is 0 Å². The van der Waals surface area contributed by atoms with Crippen molar-refractivity contribution in [1.82, 2.24) is 10.2 Å². The Morgan fingerprint density at radius 3 is 2.55 bits per heavy atom. The van der Waals surface area contributed by atoms with Crippen molar-refractivity contribution in [3.8, 4) is 11.3 Å². The van der Waals surface area contributed by atoms with Gasteiger partial charge in [0.1, 0.15) is 0 Å². The average molecular weight is 285 g/mol. The first kappa shape index (κ1) is 12.7. The van der Waals surface area contributed by atoms with Gasteiger partial charge in [0, 0.05) is 17.8 Å². The molecule has 1 atom stereocenters. The van der Waals surface area contributed by atoms with Crippen LogP contribution in [0.3, 0.4) is 0 Å². The summed E-state index contributed by atoms with van der Waals surface area (Å²) in [5.41, 5.74) is 4.01. The third kappa shape index (κ3) is 2.67. The fraction of sp³-hybridized carbons (Fsp3) is 0.133. The molecule has 0 saturated carbocycles. The lowest BCUT2D eigenvalue weighted by Crippen LogP contribution is -2.05. The van der Waals surface area contributed by atoms with Gasteiger partial charge in [0.25, 0.3) is 5.56 Å². The summed E-state index contributed by atoms with van der Waals surface area (Å²) < 4.78 is 0. The molecule has 2 aromatic heterocycles. The normalized spacial score (nSPS) is 12.2. The molecule has 4 nitrogen and oxygen atoms in total. The monoisotopic (exact) mass is 285 g/mol. The standard InChI is InChI=1S/C15H15N3OS/c1-10(12-6-7-20-9-12)16-13-4-2-11(3-5-13)14-8-15(19)18-17-14/h2-10,16H,1H3,(H2,17,18,19). The fourth-order valence-electron chi connectivity index (χ4n) is 2.09. The van der Waals surface area contributed by atoms with E-state index in [2.05, 4.69) is 39.3 Å². The van der Waals surface area contributed by atoms with E-state index in [4.69, 9.17) is 0 Å². The highest BCUT2D eigenvalue weighted by Crippen LogP contribution is 2.23. The predicted molar refractivity (Wildman–Crippen MR) is 83.2 cm³/mol. The molecule has 1 aromatic carbocycles. The van der Waals surface area contributed by atoms with E-state index in [1.54, 1.807) is 17.4 Å². The van der Waals surface area contributed by atoms with Crippen molar-refractivity contribution in [3.05, 3.63) is 63.1 Å². The number of benzene rings is 1. The summed E-state index contributed by atoms with van der Waals surface area (Å²) >= 11 is 1.70. The first-order valence-electron chi connectivity index (χ1n) is 6.39. The zero-order valence-electron chi connectivity index (χ0n) is 11.0. The number of thiophene rings is 1. The van der Waals surface area contributed by atoms with E-state index in [1.165, 1.54) is 5.56 Å². The summed E-state index contributed by atoms with van der Waals surface area (Å²) in [6, 6.07) is 12.0. The molecule has 5 heteroatoms. The third-order valence-corrected chi connectivity index (χ3v) is 3.92. The third-order valence-electron chi connectivity index (χ3n) is 3.22. The Balaban J connectivity index is 1.75. The maximum Gasteiger partial charge on any atom is 0.264 e.